The van der Waals surface area contributed by atoms with E-state index >= 15 is 0 Å². The van der Waals surface area contributed by atoms with E-state index in [1.54, 1.807) is 18.0 Å². The molecule has 1 saturated heterocycles. The molecule has 3 amide bonds. The summed E-state index contributed by atoms with van der Waals surface area (Å²) in [5, 5.41) is 5.96. The average Bonchev–Trinajstić information content (AvgIpc) is 3.14. The molecule has 1 aliphatic carbocycles. The van der Waals surface area contributed by atoms with Gasteiger partial charge in [-0.05, 0) is 35.0 Å². The van der Waals surface area contributed by atoms with E-state index in [2.05, 4.69) is 26.6 Å². The first-order valence-corrected chi connectivity index (χ1v) is 9.00. The third-order valence-corrected chi connectivity index (χ3v) is 6.10. The van der Waals surface area contributed by atoms with Crippen LogP contribution >= 0.6 is 15.9 Å². The fraction of sp³-hybridized carbons (Fsp3) is 0.562. The zero-order valence-corrected chi connectivity index (χ0v) is 15.5. The van der Waals surface area contributed by atoms with Crippen LogP contribution in [0.2, 0.25) is 0 Å². The summed E-state index contributed by atoms with van der Waals surface area (Å²) >= 11 is 3.51. The van der Waals surface area contributed by atoms with Crippen molar-refractivity contribution in [2.75, 3.05) is 13.7 Å². The topological polar surface area (TPSA) is 92.7 Å². The number of carbonyl (C=O) groups excluding carboxylic acids is 3. The zero-order chi connectivity index (χ0) is 17.9. The van der Waals surface area contributed by atoms with Crippen molar-refractivity contribution in [2.24, 2.45) is 0 Å². The minimum Gasteiger partial charge on any atom is -0.353 e. The number of halogens is 1. The van der Waals surface area contributed by atoms with Gasteiger partial charge in [-0.15, -0.1) is 0 Å². The maximum Gasteiger partial charge on any atom is 0.319 e. The molecule has 134 valence electrons. The van der Waals surface area contributed by atoms with Gasteiger partial charge in [0.05, 0.1) is 23.3 Å². The molecule has 0 aromatic carbocycles. The maximum atomic E-state index is 12.4. The summed E-state index contributed by atoms with van der Waals surface area (Å²) in [7, 11) is 1.69. The second-order valence-corrected chi connectivity index (χ2v) is 7.63. The number of fused-ring (bicyclic) bond motifs is 5. The summed E-state index contributed by atoms with van der Waals surface area (Å²) in [6, 6.07) is 2.66. The minimum absolute atomic E-state index is 0.0343. The van der Waals surface area contributed by atoms with Crippen molar-refractivity contribution in [3.63, 3.8) is 0 Å². The fourth-order valence-electron chi connectivity index (χ4n) is 4.23. The zero-order valence-electron chi connectivity index (χ0n) is 13.9. The van der Waals surface area contributed by atoms with Crippen molar-refractivity contribution < 1.29 is 19.1 Å². The molecule has 2 N–H and O–H groups in total. The second-order valence-electron chi connectivity index (χ2n) is 6.81. The largest absolute Gasteiger partial charge is 0.353 e. The number of aromatic nitrogens is 1. The lowest BCUT2D eigenvalue weighted by Gasteiger charge is -2.34. The molecular formula is C16H19BrN4O4. The summed E-state index contributed by atoms with van der Waals surface area (Å²) in [6.07, 6.45) is 0.812. The van der Waals surface area contributed by atoms with Crippen LogP contribution in [0.25, 0.3) is 0 Å². The Balaban J connectivity index is 1.71. The number of nitrogens with zero attached hydrogens (tertiary/aromatic N) is 2. The Bertz CT molecular complexity index is 778. The lowest BCUT2D eigenvalue weighted by atomic mass is 10.0. The molecular weight excluding hydrogens is 392 g/mol. The first-order chi connectivity index (χ1) is 11.8. The van der Waals surface area contributed by atoms with Crippen LogP contribution in [0.15, 0.2) is 16.7 Å². The van der Waals surface area contributed by atoms with Crippen LogP contribution in [0, 0.1) is 0 Å². The monoisotopic (exact) mass is 410 g/mol. The quantitative estimate of drug-likeness (QED) is 0.774. The summed E-state index contributed by atoms with van der Waals surface area (Å²) in [5.41, 5.74) is -0.304. The number of carbonyl (C=O) groups is 3. The van der Waals surface area contributed by atoms with Crippen LogP contribution in [-0.2, 0) is 9.53 Å². The number of ketones is 1. The van der Waals surface area contributed by atoms with Crippen LogP contribution in [0.5, 0.6) is 0 Å². The molecule has 2 fully saturated rings. The SMILES string of the molecule is CC(=O)CCO[C@@]12C[C@@H]3[C@@H](NC(=O)c4ccc(Br)n43)[C@@H]1NC(=O)N2C. The van der Waals surface area contributed by atoms with Crippen molar-refractivity contribution in [1.29, 1.82) is 0 Å². The van der Waals surface area contributed by atoms with Gasteiger partial charge in [0.15, 0.2) is 5.72 Å². The van der Waals surface area contributed by atoms with Gasteiger partial charge in [0, 0.05) is 19.9 Å². The first kappa shape index (κ1) is 16.6. The third kappa shape index (κ3) is 2.25. The summed E-state index contributed by atoms with van der Waals surface area (Å²) in [4.78, 5) is 37.5. The molecule has 4 rings (SSSR count). The van der Waals surface area contributed by atoms with Crippen molar-refractivity contribution in [2.45, 2.75) is 43.6 Å². The fourth-order valence-corrected chi connectivity index (χ4v) is 4.81. The Morgan fingerprint density at radius 3 is 2.88 bits per heavy atom. The van der Waals surface area contributed by atoms with Crippen molar-refractivity contribution in [1.82, 2.24) is 20.1 Å². The second kappa shape index (κ2) is 5.57. The molecule has 1 aromatic rings. The lowest BCUT2D eigenvalue weighted by Crippen LogP contribution is -2.57. The maximum absolute atomic E-state index is 12.4. The summed E-state index contributed by atoms with van der Waals surface area (Å²) in [5.74, 6) is -0.137. The normalized spacial score (nSPS) is 32.8. The number of ether oxygens (including phenoxy) is 1. The number of likely N-dealkylation sites (N-methyl/N-ethyl adjacent to an activating group) is 1. The Hall–Kier alpha value is -1.87. The van der Waals surface area contributed by atoms with Crippen molar-refractivity contribution in [3.05, 3.63) is 22.4 Å². The molecule has 2 aliphatic heterocycles. The van der Waals surface area contributed by atoms with Crippen LogP contribution < -0.4 is 10.6 Å². The van der Waals surface area contributed by atoms with E-state index in [0.717, 1.165) is 4.60 Å². The molecule has 9 heteroatoms. The van der Waals surface area contributed by atoms with Crippen LogP contribution in [0.4, 0.5) is 4.79 Å². The molecule has 25 heavy (non-hydrogen) atoms. The standard InChI is InChI=1S/C16H19BrN4O4/c1-8(22)5-6-25-16-7-10-12(13(16)19-15(24)20(16)2)18-14(23)9-3-4-11(17)21(9)10/h3-4,10,12-13H,5-7H2,1-2H3,(H,18,23)(H,19,24)/t10-,12-,13+,16+/m1/s1. The highest BCUT2D eigenvalue weighted by atomic mass is 79.9. The number of nitrogens with one attached hydrogen (secondary N) is 2. The van der Waals surface area contributed by atoms with Crippen molar-refractivity contribution in [3.8, 4) is 0 Å². The Morgan fingerprint density at radius 1 is 1.40 bits per heavy atom. The van der Waals surface area contributed by atoms with Gasteiger partial charge >= 0.3 is 6.03 Å². The lowest BCUT2D eigenvalue weighted by molar-refractivity contribution is -0.130. The Morgan fingerprint density at radius 2 is 2.16 bits per heavy atom. The third-order valence-electron chi connectivity index (χ3n) is 5.45. The highest BCUT2D eigenvalue weighted by molar-refractivity contribution is 9.10. The van der Waals surface area contributed by atoms with Gasteiger partial charge in [-0.2, -0.15) is 0 Å². The molecule has 4 atom stereocenters. The minimum atomic E-state index is -0.888. The average molecular weight is 411 g/mol. The van der Waals surface area contributed by atoms with Crippen LogP contribution in [-0.4, -0.2) is 58.7 Å². The highest BCUT2D eigenvalue weighted by Gasteiger charge is 2.65. The predicted octanol–water partition coefficient (Wildman–Crippen LogP) is 1.02. The van der Waals surface area contributed by atoms with Gasteiger partial charge in [0.1, 0.15) is 17.5 Å². The van der Waals surface area contributed by atoms with Gasteiger partial charge in [-0.3, -0.25) is 14.5 Å². The van der Waals surface area contributed by atoms with Crippen molar-refractivity contribution >= 4 is 33.7 Å². The number of amides is 3. The molecule has 0 radical (unpaired) electrons. The summed E-state index contributed by atoms with van der Waals surface area (Å²) < 4.78 is 8.88. The number of urea groups is 1. The highest BCUT2D eigenvalue weighted by Crippen LogP contribution is 2.48. The van der Waals surface area contributed by atoms with E-state index < -0.39 is 5.72 Å². The number of hydrogen-bond donors (Lipinski definition) is 2. The molecule has 3 aliphatic rings. The van der Waals surface area contributed by atoms with Crippen LogP contribution in [0.3, 0.4) is 0 Å². The van der Waals surface area contributed by atoms with E-state index in [9.17, 15) is 14.4 Å². The Labute approximate surface area is 153 Å². The van der Waals surface area contributed by atoms with E-state index in [0.29, 0.717) is 12.1 Å². The Kier molecular flexibility index (Phi) is 3.69. The van der Waals surface area contributed by atoms with Crippen LogP contribution in [0.1, 0.15) is 36.3 Å². The number of hydrogen-bond acceptors (Lipinski definition) is 4. The number of Topliss-reactive ketones (excluding diaryl/α,β-unsaturated/α-hetero) is 1. The number of rotatable bonds is 4. The summed E-state index contributed by atoms with van der Waals surface area (Å²) in [6.45, 7) is 1.75. The molecule has 0 spiro atoms. The smallest absolute Gasteiger partial charge is 0.319 e. The molecule has 1 aromatic heterocycles. The molecule has 0 bridgehead atoms. The van der Waals surface area contributed by atoms with Gasteiger partial charge < -0.3 is 19.9 Å². The van der Waals surface area contributed by atoms with E-state index in [-0.39, 0.29) is 48.9 Å². The van der Waals surface area contributed by atoms with Gasteiger partial charge in [0.2, 0.25) is 0 Å². The molecule has 1 saturated carbocycles. The van der Waals surface area contributed by atoms with E-state index in [4.69, 9.17) is 4.74 Å². The molecule has 0 unspecified atom stereocenters. The first-order valence-electron chi connectivity index (χ1n) is 8.20. The molecule has 8 nitrogen and oxygen atoms in total. The predicted molar refractivity (Wildman–Crippen MR) is 91.1 cm³/mol. The van der Waals surface area contributed by atoms with E-state index in [1.807, 2.05) is 10.6 Å². The molecule has 3 heterocycles. The van der Waals surface area contributed by atoms with Gasteiger partial charge in [-0.1, -0.05) is 0 Å². The van der Waals surface area contributed by atoms with E-state index in [1.165, 1.54) is 6.92 Å². The van der Waals surface area contributed by atoms with Gasteiger partial charge in [0.25, 0.3) is 5.91 Å². The van der Waals surface area contributed by atoms with Gasteiger partial charge in [-0.25, -0.2) is 4.79 Å².